The molecule has 0 saturated heterocycles. The highest BCUT2D eigenvalue weighted by Crippen LogP contribution is 2.48. The Balaban J connectivity index is 1.29. The van der Waals surface area contributed by atoms with Gasteiger partial charge in [-0.2, -0.15) is 0 Å². The summed E-state index contributed by atoms with van der Waals surface area (Å²) in [5, 5.41) is 4.30. The van der Waals surface area contributed by atoms with E-state index in [1.807, 2.05) is 36.4 Å². The molecule has 2 aromatic carbocycles. The zero-order chi connectivity index (χ0) is 21.7. The zero-order valence-electron chi connectivity index (χ0n) is 18.2. The Morgan fingerprint density at radius 1 is 1.03 bits per heavy atom. The Labute approximate surface area is 186 Å². The van der Waals surface area contributed by atoms with Gasteiger partial charge in [-0.15, -0.1) is 0 Å². The molecule has 2 unspecified atom stereocenters. The van der Waals surface area contributed by atoms with Crippen molar-refractivity contribution in [3.63, 3.8) is 0 Å². The molecule has 0 radical (unpaired) electrons. The third-order valence-corrected chi connectivity index (χ3v) is 7.73. The summed E-state index contributed by atoms with van der Waals surface area (Å²) < 4.78 is 16.6. The largest absolute Gasteiger partial charge is 0.290 e. The van der Waals surface area contributed by atoms with Gasteiger partial charge < -0.3 is 0 Å². The molecule has 2 saturated carbocycles. The summed E-state index contributed by atoms with van der Waals surface area (Å²) in [6.07, 6.45) is 11.5. The first-order valence-corrected chi connectivity index (χ1v) is 11.9. The number of rotatable bonds is 4. The number of fused-ring (bicyclic) bond motifs is 4. The first-order chi connectivity index (χ1) is 15.7. The summed E-state index contributed by atoms with van der Waals surface area (Å²) >= 11 is 0. The number of benzene rings is 2. The number of aromatic nitrogens is 3. The highest BCUT2D eigenvalue weighted by Gasteiger charge is 2.37. The summed E-state index contributed by atoms with van der Waals surface area (Å²) in [4.78, 5) is 17.4. The molecule has 164 valence electrons. The number of pyridine rings is 1. The van der Waals surface area contributed by atoms with Gasteiger partial charge in [-0.05, 0) is 73.3 Å². The average Bonchev–Trinajstić information content (AvgIpc) is 3.44. The molecular weight excluding hydrogens is 401 g/mol. The zero-order valence-corrected chi connectivity index (χ0v) is 18.2. The molecule has 6 rings (SSSR count). The second-order valence-electron chi connectivity index (χ2n) is 9.76. The minimum Gasteiger partial charge on any atom is -0.290 e. The van der Waals surface area contributed by atoms with Crippen molar-refractivity contribution in [2.75, 3.05) is 0 Å². The SMILES string of the molecule is O=c1c2cnc3cc(CCC4CCCC5C[C@@H]5CC4)c(F)cc3c2[nH]n1-c1ccccc1. The average molecular weight is 430 g/mol. The van der Waals surface area contributed by atoms with E-state index in [0.29, 0.717) is 22.2 Å². The van der Waals surface area contributed by atoms with Gasteiger partial charge >= 0.3 is 0 Å². The summed E-state index contributed by atoms with van der Waals surface area (Å²) in [6, 6.07) is 12.8. The van der Waals surface area contributed by atoms with E-state index in [9.17, 15) is 4.79 Å². The minimum atomic E-state index is -0.201. The van der Waals surface area contributed by atoms with Gasteiger partial charge in [-0.3, -0.25) is 14.9 Å². The van der Waals surface area contributed by atoms with E-state index in [0.717, 1.165) is 41.4 Å². The molecule has 2 aliphatic rings. The molecule has 4 nitrogen and oxygen atoms in total. The van der Waals surface area contributed by atoms with Crippen molar-refractivity contribution in [3.05, 3.63) is 70.4 Å². The molecule has 2 aromatic heterocycles. The summed E-state index contributed by atoms with van der Waals surface area (Å²) in [5.41, 5.74) is 2.67. The van der Waals surface area contributed by atoms with E-state index in [2.05, 4.69) is 10.1 Å². The molecule has 5 heteroatoms. The van der Waals surface area contributed by atoms with E-state index in [1.54, 1.807) is 12.3 Å². The van der Waals surface area contributed by atoms with Crippen LogP contribution in [0, 0.1) is 23.6 Å². The van der Waals surface area contributed by atoms with Crippen molar-refractivity contribution < 1.29 is 4.39 Å². The Morgan fingerprint density at radius 2 is 1.88 bits per heavy atom. The fourth-order valence-electron chi connectivity index (χ4n) is 5.70. The predicted molar refractivity (Wildman–Crippen MR) is 126 cm³/mol. The third kappa shape index (κ3) is 3.54. The van der Waals surface area contributed by atoms with E-state index in [4.69, 9.17) is 0 Å². The lowest BCUT2D eigenvalue weighted by molar-refractivity contribution is 0.350. The van der Waals surface area contributed by atoms with E-state index < -0.39 is 0 Å². The molecule has 0 amide bonds. The van der Waals surface area contributed by atoms with E-state index in [1.165, 1.54) is 43.2 Å². The number of para-hydroxylation sites is 1. The van der Waals surface area contributed by atoms with Crippen molar-refractivity contribution in [2.24, 2.45) is 17.8 Å². The Kier molecular flexibility index (Phi) is 4.85. The molecular formula is C27H28FN3O. The van der Waals surface area contributed by atoms with Gasteiger partial charge in [0.05, 0.1) is 22.1 Å². The summed E-state index contributed by atoms with van der Waals surface area (Å²) in [7, 11) is 0. The van der Waals surface area contributed by atoms with Gasteiger partial charge in [0.1, 0.15) is 5.82 Å². The topological polar surface area (TPSA) is 50.7 Å². The number of hydrogen-bond donors (Lipinski definition) is 1. The Hall–Kier alpha value is -2.95. The summed E-state index contributed by atoms with van der Waals surface area (Å²) in [5.74, 6) is 2.50. The minimum absolute atomic E-state index is 0.174. The van der Waals surface area contributed by atoms with Crippen LogP contribution in [-0.2, 0) is 6.42 Å². The quantitative estimate of drug-likeness (QED) is 0.423. The van der Waals surface area contributed by atoms with Crippen LogP contribution >= 0.6 is 0 Å². The van der Waals surface area contributed by atoms with Crippen LogP contribution in [0.25, 0.3) is 27.5 Å². The molecule has 4 aromatic rings. The standard InChI is InChI=1S/C27H28FN3O/c28-24-15-22-25(14-20(24)12-10-17-5-4-6-18-13-19(18)11-9-17)29-16-23-26(22)30-31(27(23)32)21-7-2-1-3-8-21/h1-3,7-8,14-19,30H,4-6,9-13H2/t17?,18?,19-/m0/s1. The highest BCUT2D eigenvalue weighted by molar-refractivity contribution is 6.03. The summed E-state index contributed by atoms with van der Waals surface area (Å²) in [6.45, 7) is 0. The van der Waals surface area contributed by atoms with Gasteiger partial charge in [-0.25, -0.2) is 9.07 Å². The second kappa shape index (κ2) is 7.88. The Morgan fingerprint density at radius 3 is 2.75 bits per heavy atom. The van der Waals surface area contributed by atoms with Crippen LogP contribution in [0.5, 0.6) is 0 Å². The molecule has 2 aliphatic carbocycles. The lowest BCUT2D eigenvalue weighted by atomic mass is 9.87. The molecule has 0 spiro atoms. The van der Waals surface area contributed by atoms with Crippen LogP contribution in [0.2, 0.25) is 0 Å². The third-order valence-electron chi connectivity index (χ3n) is 7.73. The Bertz CT molecular complexity index is 1340. The number of nitrogens with zero attached hydrogens (tertiary/aromatic N) is 2. The van der Waals surface area contributed by atoms with Crippen molar-refractivity contribution in [2.45, 2.75) is 51.4 Å². The molecule has 2 heterocycles. The number of halogens is 1. The fraction of sp³-hybridized carbons (Fsp3) is 0.407. The molecule has 3 atom stereocenters. The maximum Gasteiger partial charge on any atom is 0.280 e. The predicted octanol–water partition coefficient (Wildman–Crippen LogP) is 6.16. The van der Waals surface area contributed by atoms with Crippen molar-refractivity contribution >= 4 is 21.8 Å². The maximum absolute atomic E-state index is 15.1. The normalized spacial score (nSPS) is 23.1. The number of hydrogen-bond acceptors (Lipinski definition) is 2. The van der Waals surface area contributed by atoms with Crippen LogP contribution < -0.4 is 5.56 Å². The molecule has 2 fully saturated rings. The first-order valence-electron chi connectivity index (χ1n) is 11.9. The van der Waals surface area contributed by atoms with Crippen LogP contribution in [0.4, 0.5) is 4.39 Å². The highest BCUT2D eigenvalue weighted by atomic mass is 19.1. The van der Waals surface area contributed by atoms with Crippen molar-refractivity contribution in [1.82, 2.24) is 14.8 Å². The number of aromatic amines is 1. The van der Waals surface area contributed by atoms with Crippen LogP contribution in [0.1, 0.15) is 50.5 Å². The first kappa shape index (κ1) is 19.7. The van der Waals surface area contributed by atoms with Crippen LogP contribution in [0.15, 0.2) is 53.5 Å². The maximum atomic E-state index is 15.1. The van der Waals surface area contributed by atoms with Gasteiger partial charge in [0.15, 0.2) is 0 Å². The van der Waals surface area contributed by atoms with Gasteiger partial charge in [0.2, 0.25) is 0 Å². The van der Waals surface area contributed by atoms with E-state index >= 15 is 4.39 Å². The smallest absolute Gasteiger partial charge is 0.280 e. The van der Waals surface area contributed by atoms with Crippen LogP contribution in [-0.4, -0.2) is 14.8 Å². The lowest BCUT2D eigenvalue weighted by Gasteiger charge is -2.19. The monoisotopic (exact) mass is 429 g/mol. The van der Waals surface area contributed by atoms with Gasteiger partial charge in [0, 0.05) is 11.6 Å². The van der Waals surface area contributed by atoms with Gasteiger partial charge in [-0.1, -0.05) is 43.9 Å². The number of aryl methyl sites for hydroxylation is 1. The second-order valence-corrected chi connectivity index (χ2v) is 9.76. The van der Waals surface area contributed by atoms with Crippen molar-refractivity contribution in [1.29, 1.82) is 0 Å². The lowest BCUT2D eigenvalue weighted by Crippen LogP contribution is -2.13. The van der Waals surface area contributed by atoms with E-state index in [-0.39, 0.29) is 11.4 Å². The number of nitrogens with one attached hydrogen (secondary N) is 1. The number of H-pyrrole nitrogens is 1. The molecule has 0 bridgehead atoms. The molecule has 0 aliphatic heterocycles. The molecule has 32 heavy (non-hydrogen) atoms. The van der Waals surface area contributed by atoms with Crippen molar-refractivity contribution in [3.8, 4) is 5.69 Å². The van der Waals surface area contributed by atoms with Crippen LogP contribution in [0.3, 0.4) is 0 Å². The van der Waals surface area contributed by atoms with Gasteiger partial charge in [0.25, 0.3) is 5.56 Å². The molecule has 1 N–H and O–H groups in total. The fourth-order valence-corrected chi connectivity index (χ4v) is 5.70.